The molecule has 0 spiro atoms. The highest BCUT2D eigenvalue weighted by Gasteiger charge is 2.33. The van der Waals surface area contributed by atoms with E-state index in [1.165, 1.54) is 0 Å². The molecule has 1 aliphatic rings. The molecule has 1 aliphatic heterocycles. The van der Waals surface area contributed by atoms with E-state index in [9.17, 15) is 18.4 Å². The van der Waals surface area contributed by atoms with Crippen LogP contribution in [0.2, 0.25) is 0 Å². The molecule has 0 radical (unpaired) electrons. The van der Waals surface area contributed by atoms with Crippen LogP contribution < -0.4 is 10.6 Å². The molecule has 2 amide bonds. The largest absolute Gasteiger partial charge is 0.396 e. The third kappa shape index (κ3) is 2.05. The molecule has 1 saturated heterocycles. The maximum absolute atomic E-state index is 13.6. The summed E-state index contributed by atoms with van der Waals surface area (Å²) in [4.78, 5) is 24.3. The molecule has 1 aromatic rings. The Morgan fingerprint density at radius 1 is 1.17 bits per heavy atom. The zero-order valence-electron chi connectivity index (χ0n) is 9.74. The van der Waals surface area contributed by atoms with E-state index >= 15 is 0 Å². The van der Waals surface area contributed by atoms with Gasteiger partial charge in [-0.15, -0.1) is 0 Å². The average Bonchev–Trinajstić information content (AvgIpc) is 2.24. The van der Waals surface area contributed by atoms with Crippen LogP contribution in [-0.4, -0.2) is 11.8 Å². The number of benzene rings is 1. The molecule has 2 rings (SSSR count). The van der Waals surface area contributed by atoms with Gasteiger partial charge in [0, 0.05) is 18.9 Å². The summed E-state index contributed by atoms with van der Waals surface area (Å²) in [5.41, 5.74) is 4.74. The molecule has 6 heteroatoms. The second-order valence-electron chi connectivity index (χ2n) is 4.46. The van der Waals surface area contributed by atoms with Gasteiger partial charge in [-0.25, -0.2) is 13.7 Å². The second-order valence-corrected chi connectivity index (χ2v) is 4.46. The molecule has 0 aromatic heterocycles. The lowest BCUT2D eigenvalue weighted by Crippen LogP contribution is -2.43. The van der Waals surface area contributed by atoms with Gasteiger partial charge < -0.3 is 5.73 Å². The minimum absolute atomic E-state index is 0.0675. The summed E-state index contributed by atoms with van der Waals surface area (Å²) in [5.74, 6) is -2.95. The fourth-order valence-electron chi connectivity index (χ4n) is 1.98. The Morgan fingerprint density at radius 3 is 2.28 bits per heavy atom. The van der Waals surface area contributed by atoms with Crippen molar-refractivity contribution in [3.8, 4) is 0 Å². The molecular formula is C12H12F2N2O2. The van der Waals surface area contributed by atoms with Gasteiger partial charge in [0.15, 0.2) is 0 Å². The third-order valence-corrected chi connectivity index (χ3v) is 2.85. The molecule has 0 aliphatic carbocycles. The molecule has 4 nitrogen and oxygen atoms in total. The van der Waals surface area contributed by atoms with Crippen molar-refractivity contribution in [1.82, 2.24) is 0 Å². The number of anilines is 2. The molecule has 1 aromatic carbocycles. The summed E-state index contributed by atoms with van der Waals surface area (Å²) in [7, 11) is 0. The van der Waals surface area contributed by atoms with Gasteiger partial charge in [-0.05, 0) is 12.0 Å². The van der Waals surface area contributed by atoms with Gasteiger partial charge in [-0.1, -0.05) is 6.92 Å². The molecule has 18 heavy (non-hydrogen) atoms. The van der Waals surface area contributed by atoms with Gasteiger partial charge in [0.05, 0.1) is 11.4 Å². The molecule has 0 unspecified atom stereocenters. The standard InChI is InChI=1S/C12H12F2N2O2/c1-6-2-11(17)16(12(18)3-6)10-5-9(15)7(13)4-8(10)14/h4-6H,2-3,15H2,1H3. The summed E-state index contributed by atoms with van der Waals surface area (Å²) < 4.78 is 26.6. The van der Waals surface area contributed by atoms with Crippen LogP contribution in [0.3, 0.4) is 0 Å². The van der Waals surface area contributed by atoms with Crippen molar-refractivity contribution < 1.29 is 18.4 Å². The Hall–Kier alpha value is -1.98. The zero-order valence-corrected chi connectivity index (χ0v) is 9.74. The number of halogens is 2. The Balaban J connectivity index is 2.45. The van der Waals surface area contributed by atoms with Crippen molar-refractivity contribution in [2.75, 3.05) is 10.6 Å². The van der Waals surface area contributed by atoms with Crippen LogP contribution in [-0.2, 0) is 9.59 Å². The quantitative estimate of drug-likeness (QED) is 0.614. The Labute approximate surface area is 102 Å². The first-order chi connectivity index (χ1) is 8.40. The topological polar surface area (TPSA) is 63.4 Å². The van der Waals surface area contributed by atoms with Crippen molar-refractivity contribution in [3.05, 3.63) is 23.8 Å². The number of nitrogen functional groups attached to an aromatic ring is 1. The molecule has 1 fully saturated rings. The van der Waals surface area contributed by atoms with Crippen LogP contribution in [0.15, 0.2) is 12.1 Å². The smallest absolute Gasteiger partial charge is 0.234 e. The van der Waals surface area contributed by atoms with Crippen molar-refractivity contribution in [2.45, 2.75) is 19.8 Å². The number of nitrogens with zero attached hydrogens (tertiary/aromatic N) is 1. The number of rotatable bonds is 1. The maximum Gasteiger partial charge on any atom is 0.234 e. The van der Waals surface area contributed by atoms with Crippen molar-refractivity contribution >= 4 is 23.2 Å². The highest BCUT2D eigenvalue weighted by atomic mass is 19.1. The van der Waals surface area contributed by atoms with Crippen LogP contribution in [0.25, 0.3) is 0 Å². The van der Waals surface area contributed by atoms with E-state index in [4.69, 9.17) is 5.73 Å². The number of piperidine rings is 1. The first-order valence-corrected chi connectivity index (χ1v) is 5.50. The number of hydrogen-bond acceptors (Lipinski definition) is 3. The number of imide groups is 1. The minimum atomic E-state index is -0.974. The maximum atomic E-state index is 13.6. The van der Waals surface area contributed by atoms with E-state index in [1.807, 2.05) is 0 Å². The van der Waals surface area contributed by atoms with Crippen molar-refractivity contribution in [1.29, 1.82) is 0 Å². The molecule has 96 valence electrons. The van der Waals surface area contributed by atoms with Crippen molar-refractivity contribution in [2.24, 2.45) is 5.92 Å². The molecular weight excluding hydrogens is 242 g/mol. The fourth-order valence-corrected chi connectivity index (χ4v) is 1.98. The summed E-state index contributed by atoms with van der Waals surface area (Å²) in [6.07, 6.45) is 0.310. The molecule has 1 heterocycles. The Kier molecular flexibility index (Phi) is 3.02. The van der Waals surface area contributed by atoms with Crippen LogP contribution in [0.5, 0.6) is 0 Å². The Bertz CT molecular complexity index is 513. The van der Waals surface area contributed by atoms with Gasteiger partial charge in [0.25, 0.3) is 0 Å². The summed E-state index contributed by atoms with van der Waals surface area (Å²) in [6.45, 7) is 1.77. The first kappa shape index (κ1) is 12.5. The van der Waals surface area contributed by atoms with E-state index in [-0.39, 0.29) is 30.1 Å². The number of amides is 2. The summed E-state index contributed by atoms with van der Waals surface area (Å²) in [5, 5.41) is 0. The predicted octanol–water partition coefficient (Wildman–Crippen LogP) is 1.84. The van der Waals surface area contributed by atoms with E-state index in [0.29, 0.717) is 6.07 Å². The van der Waals surface area contributed by atoms with E-state index in [1.54, 1.807) is 6.92 Å². The van der Waals surface area contributed by atoms with Crippen LogP contribution in [0.1, 0.15) is 19.8 Å². The highest BCUT2D eigenvalue weighted by molar-refractivity contribution is 6.16. The van der Waals surface area contributed by atoms with Crippen LogP contribution >= 0.6 is 0 Å². The molecule has 0 saturated carbocycles. The number of nitrogens with two attached hydrogens (primary N) is 1. The third-order valence-electron chi connectivity index (χ3n) is 2.85. The summed E-state index contributed by atoms with van der Waals surface area (Å²) >= 11 is 0. The number of hydrogen-bond donors (Lipinski definition) is 1. The monoisotopic (exact) mass is 254 g/mol. The molecule has 0 bridgehead atoms. The zero-order chi connectivity index (χ0) is 13.4. The van der Waals surface area contributed by atoms with E-state index < -0.39 is 23.4 Å². The van der Waals surface area contributed by atoms with Gasteiger partial charge in [-0.3, -0.25) is 9.59 Å². The van der Waals surface area contributed by atoms with E-state index in [2.05, 4.69) is 0 Å². The lowest BCUT2D eigenvalue weighted by atomic mass is 9.97. The van der Waals surface area contributed by atoms with Gasteiger partial charge in [-0.2, -0.15) is 0 Å². The number of carbonyl (C=O) groups is 2. The normalized spacial score (nSPS) is 17.4. The predicted molar refractivity (Wildman–Crippen MR) is 61.7 cm³/mol. The lowest BCUT2D eigenvalue weighted by molar-refractivity contribution is -0.130. The van der Waals surface area contributed by atoms with Crippen LogP contribution in [0.4, 0.5) is 20.2 Å². The minimum Gasteiger partial charge on any atom is -0.396 e. The van der Waals surface area contributed by atoms with Gasteiger partial charge in [0.2, 0.25) is 11.8 Å². The van der Waals surface area contributed by atoms with Gasteiger partial charge in [0.1, 0.15) is 11.6 Å². The van der Waals surface area contributed by atoms with E-state index in [0.717, 1.165) is 11.0 Å². The first-order valence-electron chi connectivity index (χ1n) is 5.50. The van der Waals surface area contributed by atoms with Crippen LogP contribution in [0, 0.1) is 17.6 Å². The molecule has 0 atom stereocenters. The number of carbonyl (C=O) groups excluding carboxylic acids is 2. The Morgan fingerprint density at radius 2 is 1.72 bits per heavy atom. The fraction of sp³-hybridized carbons (Fsp3) is 0.333. The second kappa shape index (κ2) is 4.36. The highest BCUT2D eigenvalue weighted by Crippen LogP contribution is 2.30. The van der Waals surface area contributed by atoms with Gasteiger partial charge >= 0.3 is 0 Å². The lowest BCUT2D eigenvalue weighted by Gasteiger charge is -2.28. The average molecular weight is 254 g/mol. The van der Waals surface area contributed by atoms with Crippen molar-refractivity contribution in [3.63, 3.8) is 0 Å². The molecule has 2 N–H and O–H groups in total. The SMILES string of the molecule is CC1CC(=O)N(c2cc(N)c(F)cc2F)C(=O)C1. The summed E-state index contributed by atoms with van der Waals surface area (Å²) in [6, 6.07) is 1.54.